The van der Waals surface area contributed by atoms with Crippen LogP contribution in [0.4, 0.5) is 0 Å². The SMILES string of the molecule is ON[N]C1CCCCC1. The average Bonchev–Trinajstić information content (AvgIpc) is 1.91. The summed E-state index contributed by atoms with van der Waals surface area (Å²) in [5.74, 6) is 0. The van der Waals surface area contributed by atoms with Gasteiger partial charge in [-0.2, -0.15) is 0 Å². The molecule has 0 aliphatic heterocycles. The minimum absolute atomic E-state index is 0.365. The van der Waals surface area contributed by atoms with Crippen LogP contribution in [0.2, 0.25) is 0 Å². The summed E-state index contributed by atoms with van der Waals surface area (Å²) in [5.41, 5.74) is 5.65. The summed E-state index contributed by atoms with van der Waals surface area (Å²) in [4.78, 5) is 0. The van der Waals surface area contributed by atoms with Crippen molar-refractivity contribution >= 4 is 0 Å². The molecule has 1 radical (unpaired) electrons. The molecule has 3 nitrogen and oxygen atoms in total. The smallest absolute Gasteiger partial charge is 0.0439 e. The molecule has 0 aromatic rings. The van der Waals surface area contributed by atoms with Gasteiger partial charge in [-0.1, -0.05) is 19.3 Å². The summed E-state index contributed by atoms with van der Waals surface area (Å²) in [6, 6.07) is 0.365. The van der Waals surface area contributed by atoms with Crippen molar-refractivity contribution in [3.63, 3.8) is 0 Å². The van der Waals surface area contributed by atoms with E-state index in [0.29, 0.717) is 6.04 Å². The molecule has 0 amide bonds. The molecule has 9 heavy (non-hydrogen) atoms. The fourth-order valence-corrected chi connectivity index (χ4v) is 1.29. The third-order valence-corrected chi connectivity index (χ3v) is 1.82. The molecule has 0 spiro atoms. The molecule has 1 saturated carbocycles. The molecule has 0 aromatic heterocycles. The maximum Gasteiger partial charge on any atom is 0.0439 e. The van der Waals surface area contributed by atoms with E-state index >= 15 is 0 Å². The van der Waals surface area contributed by atoms with Crippen LogP contribution in [-0.2, 0) is 0 Å². The predicted molar refractivity (Wildman–Crippen MR) is 33.9 cm³/mol. The van der Waals surface area contributed by atoms with Crippen molar-refractivity contribution in [3.05, 3.63) is 0 Å². The second kappa shape index (κ2) is 3.82. The third kappa shape index (κ3) is 2.30. The van der Waals surface area contributed by atoms with Crippen molar-refractivity contribution in [1.82, 2.24) is 11.0 Å². The maximum atomic E-state index is 8.20. The summed E-state index contributed by atoms with van der Waals surface area (Å²) < 4.78 is 0. The van der Waals surface area contributed by atoms with E-state index in [9.17, 15) is 0 Å². The first-order valence-electron chi connectivity index (χ1n) is 3.52. The Bertz CT molecular complexity index is 68.7. The fourth-order valence-electron chi connectivity index (χ4n) is 1.29. The Labute approximate surface area is 55.4 Å². The summed E-state index contributed by atoms with van der Waals surface area (Å²) in [6.45, 7) is 0. The largest absolute Gasteiger partial charge is 0.301 e. The quantitative estimate of drug-likeness (QED) is 0.542. The number of rotatable bonds is 2. The Morgan fingerprint density at radius 2 is 1.89 bits per heavy atom. The normalized spacial score (nSPS) is 22.3. The summed E-state index contributed by atoms with van der Waals surface area (Å²) in [6.07, 6.45) is 6.12. The van der Waals surface area contributed by atoms with E-state index in [0.717, 1.165) is 12.8 Å². The third-order valence-electron chi connectivity index (χ3n) is 1.82. The van der Waals surface area contributed by atoms with Crippen molar-refractivity contribution in [2.75, 3.05) is 0 Å². The zero-order valence-electron chi connectivity index (χ0n) is 5.51. The first-order chi connectivity index (χ1) is 4.43. The Hall–Kier alpha value is -0.120. The first-order valence-corrected chi connectivity index (χ1v) is 3.52. The van der Waals surface area contributed by atoms with Crippen molar-refractivity contribution in [3.8, 4) is 0 Å². The van der Waals surface area contributed by atoms with Crippen LogP contribution in [0.25, 0.3) is 0 Å². The van der Waals surface area contributed by atoms with E-state index < -0.39 is 0 Å². The van der Waals surface area contributed by atoms with Crippen molar-refractivity contribution in [1.29, 1.82) is 0 Å². The number of hydrogen-bond donors (Lipinski definition) is 2. The van der Waals surface area contributed by atoms with Crippen molar-refractivity contribution in [2.24, 2.45) is 0 Å². The highest BCUT2D eigenvalue weighted by Crippen LogP contribution is 2.17. The van der Waals surface area contributed by atoms with Crippen LogP contribution in [0.1, 0.15) is 32.1 Å². The summed E-state index contributed by atoms with van der Waals surface area (Å²) >= 11 is 0. The minimum Gasteiger partial charge on any atom is -0.301 e. The molecule has 1 rings (SSSR count). The van der Waals surface area contributed by atoms with E-state index in [1.165, 1.54) is 19.3 Å². The maximum absolute atomic E-state index is 8.20. The first kappa shape index (κ1) is 6.99. The topological polar surface area (TPSA) is 46.4 Å². The molecule has 0 atom stereocenters. The lowest BCUT2D eigenvalue weighted by atomic mass is 9.96. The minimum atomic E-state index is 0.365. The molecule has 3 heteroatoms. The van der Waals surface area contributed by atoms with E-state index in [1.54, 1.807) is 0 Å². The van der Waals surface area contributed by atoms with Gasteiger partial charge in [0.2, 0.25) is 0 Å². The Balaban J connectivity index is 2.08. The molecule has 1 aliphatic rings. The molecule has 1 aliphatic carbocycles. The van der Waals surface area contributed by atoms with E-state index in [2.05, 4.69) is 5.43 Å². The van der Waals surface area contributed by atoms with Gasteiger partial charge in [0.1, 0.15) is 0 Å². The highest BCUT2D eigenvalue weighted by Gasteiger charge is 2.12. The zero-order valence-corrected chi connectivity index (χ0v) is 5.51. The zero-order chi connectivity index (χ0) is 6.53. The standard InChI is InChI=1S/C6H13N2O/c9-8-7-6-4-2-1-3-5-6/h6,8-9H,1-5H2. The van der Waals surface area contributed by atoms with E-state index in [4.69, 9.17) is 5.21 Å². The van der Waals surface area contributed by atoms with Crippen LogP contribution in [-0.4, -0.2) is 11.2 Å². The fraction of sp³-hybridized carbons (Fsp3) is 1.00. The van der Waals surface area contributed by atoms with Gasteiger partial charge in [0.15, 0.2) is 0 Å². The molecule has 0 heterocycles. The van der Waals surface area contributed by atoms with Crippen LogP contribution < -0.4 is 11.0 Å². The Kier molecular flexibility index (Phi) is 2.97. The van der Waals surface area contributed by atoms with Gasteiger partial charge in [-0.15, -0.1) is 11.0 Å². The lowest BCUT2D eigenvalue weighted by Crippen LogP contribution is -2.32. The van der Waals surface area contributed by atoms with Crippen LogP contribution in [0.3, 0.4) is 0 Å². The van der Waals surface area contributed by atoms with Crippen LogP contribution in [0.5, 0.6) is 0 Å². The highest BCUT2D eigenvalue weighted by atomic mass is 16.5. The van der Waals surface area contributed by atoms with Gasteiger partial charge in [0, 0.05) is 6.04 Å². The van der Waals surface area contributed by atoms with E-state index in [1.807, 2.05) is 5.59 Å². The predicted octanol–water partition coefficient (Wildman–Crippen LogP) is 0.817. The lowest BCUT2D eigenvalue weighted by molar-refractivity contribution is 0.0903. The van der Waals surface area contributed by atoms with Crippen LogP contribution in [0, 0.1) is 0 Å². The lowest BCUT2D eigenvalue weighted by Gasteiger charge is -2.19. The number of nitrogens with zero attached hydrogens (tertiary/aromatic N) is 1. The van der Waals surface area contributed by atoms with Crippen molar-refractivity contribution in [2.45, 2.75) is 38.1 Å². The van der Waals surface area contributed by atoms with Gasteiger partial charge in [0.05, 0.1) is 0 Å². The number of nitrogens with one attached hydrogen (secondary N) is 1. The molecule has 1 fully saturated rings. The van der Waals surface area contributed by atoms with Gasteiger partial charge < -0.3 is 5.21 Å². The van der Waals surface area contributed by atoms with E-state index in [-0.39, 0.29) is 0 Å². The summed E-state index contributed by atoms with van der Waals surface area (Å²) in [5, 5.41) is 8.20. The molecule has 0 unspecified atom stereocenters. The molecular formula is C6H13N2O. The second-order valence-electron chi connectivity index (χ2n) is 2.52. The highest BCUT2D eigenvalue weighted by molar-refractivity contribution is 4.68. The number of hydrogen-bond acceptors (Lipinski definition) is 2. The van der Waals surface area contributed by atoms with Crippen molar-refractivity contribution < 1.29 is 5.21 Å². The molecule has 53 valence electrons. The molecule has 0 saturated heterocycles. The van der Waals surface area contributed by atoms with Gasteiger partial charge in [-0.3, -0.25) is 0 Å². The van der Waals surface area contributed by atoms with Gasteiger partial charge >= 0.3 is 0 Å². The molecule has 2 N–H and O–H groups in total. The summed E-state index contributed by atoms with van der Waals surface area (Å²) in [7, 11) is 0. The van der Waals surface area contributed by atoms with Gasteiger partial charge in [-0.05, 0) is 12.8 Å². The Morgan fingerprint density at radius 1 is 1.22 bits per heavy atom. The average molecular weight is 129 g/mol. The van der Waals surface area contributed by atoms with Gasteiger partial charge in [-0.25, -0.2) is 0 Å². The second-order valence-corrected chi connectivity index (χ2v) is 2.52. The molecule has 0 bridgehead atoms. The van der Waals surface area contributed by atoms with Gasteiger partial charge in [0.25, 0.3) is 0 Å². The van der Waals surface area contributed by atoms with Crippen LogP contribution in [0.15, 0.2) is 0 Å². The van der Waals surface area contributed by atoms with Crippen LogP contribution >= 0.6 is 0 Å². The Morgan fingerprint density at radius 3 is 2.44 bits per heavy atom. The molecule has 0 aromatic carbocycles. The molecular weight excluding hydrogens is 116 g/mol. The monoisotopic (exact) mass is 129 g/mol.